The van der Waals surface area contributed by atoms with E-state index in [1.54, 1.807) is 30.5 Å². The van der Waals surface area contributed by atoms with Gasteiger partial charge in [-0.15, -0.1) is 0 Å². The lowest BCUT2D eigenvalue weighted by Gasteiger charge is -2.28. The predicted octanol–water partition coefficient (Wildman–Crippen LogP) is 3.81. The molecular weight excluding hydrogens is 432 g/mol. The summed E-state index contributed by atoms with van der Waals surface area (Å²) >= 11 is 0. The lowest BCUT2D eigenvalue weighted by Crippen LogP contribution is -2.45. The number of carbonyl (C=O) groups excluding carboxylic acids is 1. The maximum atomic E-state index is 13.0. The number of aromatic nitrogens is 1. The molecule has 178 valence electrons. The van der Waals surface area contributed by atoms with Gasteiger partial charge in [-0.1, -0.05) is 0 Å². The molecule has 3 aliphatic carbocycles. The minimum atomic E-state index is -0.608. The molecule has 1 aromatic rings. The molecule has 1 amide bonds. The van der Waals surface area contributed by atoms with Crippen molar-refractivity contribution < 1.29 is 24.6 Å². The fourth-order valence-corrected chi connectivity index (χ4v) is 4.22. The SMILES string of the molecule is CCOC1=CC(=N)/C(=C\[N+]#CC2CCC(C)(O)CC2)C=C1NC(=O)c1cccc(C2CC2)[n+]1O. The van der Waals surface area contributed by atoms with E-state index < -0.39 is 11.5 Å². The van der Waals surface area contributed by atoms with Gasteiger partial charge in [0.25, 0.3) is 6.07 Å². The van der Waals surface area contributed by atoms with Crippen LogP contribution in [0.5, 0.6) is 0 Å². The fourth-order valence-electron chi connectivity index (χ4n) is 4.22. The predicted molar refractivity (Wildman–Crippen MR) is 127 cm³/mol. The zero-order valence-corrected chi connectivity index (χ0v) is 19.7. The van der Waals surface area contributed by atoms with Crippen molar-refractivity contribution in [3.63, 3.8) is 0 Å². The van der Waals surface area contributed by atoms with Crippen molar-refractivity contribution in [1.82, 2.24) is 5.32 Å². The summed E-state index contributed by atoms with van der Waals surface area (Å²) in [7, 11) is 0. The Bertz CT molecular complexity index is 1140. The van der Waals surface area contributed by atoms with E-state index in [1.165, 1.54) is 0 Å². The molecule has 0 atom stereocenters. The number of amides is 1. The quantitative estimate of drug-likeness (QED) is 0.392. The number of hydrogen-bond acceptors (Lipinski definition) is 5. The Morgan fingerprint density at radius 3 is 2.74 bits per heavy atom. The number of aliphatic hydroxyl groups is 1. The molecule has 8 heteroatoms. The van der Waals surface area contributed by atoms with Gasteiger partial charge in [0, 0.05) is 28.9 Å². The van der Waals surface area contributed by atoms with Crippen LogP contribution in [-0.2, 0) is 4.74 Å². The summed E-state index contributed by atoms with van der Waals surface area (Å²) in [5.41, 5.74) is 1.37. The average molecular weight is 465 g/mol. The van der Waals surface area contributed by atoms with Crippen molar-refractivity contribution in [3.8, 4) is 6.07 Å². The van der Waals surface area contributed by atoms with E-state index in [1.807, 2.05) is 19.9 Å². The number of pyridine rings is 1. The van der Waals surface area contributed by atoms with Crippen LogP contribution in [0.1, 0.15) is 74.5 Å². The molecule has 0 aliphatic heterocycles. The highest BCUT2D eigenvalue weighted by atomic mass is 16.5. The van der Waals surface area contributed by atoms with E-state index in [0.717, 1.165) is 48.9 Å². The molecule has 0 unspecified atom stereocenters. The summed E-state index contributed by atoms with van der Waals surface area (Å²) in [6.45, 7) is 4.06. The topological polar surface area (TPSA) is 111 Å². The Balaban J connectivity index is 1.53. The number of nitrogens with zero attached hydrogens (tertiary/aromatic N) is 2. The van der Waals surface area contributed by atoms with Crippen LogP contribution >= 0.6 is 0 Å². The maximum Gasteiger partial charge on any atom is 0.325 e. The summed E-state index contributed by atoms with van der Waals surface area (Å²) in [4.78, 5) is 17.3. The summed E-state index contributed by atoms with van der Waals surface area (Å²) in [6, 6.07) is 8.26. The van der Waals surface area contributed by atoms with Crippen LogP contribution in [0, 0.1) is 17.4 Å². The highest BCUT2D eigenvalue weighted by Crippen LogP contribution is 2.38. The first-order valence-electron chi connectivity index (χ1n) is 11.9. The van der Waals surface area contributed by atoms with E-state index in [-0.39, 0.29) is 23.2 Å². The molecule has 4 rings (SSSR count). The smallest absolute Gasteiger partial charge is 0.325 e. The molecule has 0 aromatic carbocycles. The Kier molecular flexibility index (Phi) is 6.85. The Morgan fingerprint density at radius 2 is 2.06 bits per heavy atom. The van der Waals surface area contributed by atoms with Crippen molar-refractivity contribution in [2.75, 3.05) is 6.61 Å². The lowest BCUT2D eigenvalue weighted by atomic mass is 9.81. The van der Waals surface area contributed by atoms with Gasteiger partial charge in [-0.05, 0) is 69.4 Å². The molecule has 0 spiro atoms. The van der Waals surface area contributed by atoms with Gasteiger partial charge in [0.2, 0.25) is 5.69 Å². The summed E-state index contributed by atoms with van der Waals surface area (Å²) in [6.07, 6.45) is 9.84. The second-order valence-electron chi connectivity index (χ2n) is 9.40. The van der Waals surface area contributed by atoms with E-state index in [4.69, 9.17) is 10.1 Å². The van der Waals surface area contributed by atoms with Gasteiger partial charge in [0.05, 0.1) is 35.1 Å². The molecular formula is C26H32N4O4+2. The number of hydrogen-bond donors (Lipinski definition) is 4. The molecule has 2 saturated carbocycles. The molecule has 0 radical (unpaired) electrons. The normalized spacial score (nSPS) is 25.7. The van der Waals surface area contributed by atoms with Gasteiger partial charge < -0.3 is 15.2 Å². The van der Waals surface area contributed by atoms with Gasteiger partial charge >= 0.3 is 17.8 Å². The van der Waals surface area contributed by atoms with Crippen molar-refractivity contribution in [3.05, 3.63) is 69.8 Å². The molecule has 2 fully saturated rings. The third-order valence-corrected chi connectivity index (χ3v) is 6.45. The number of nitrogens with one attached hydrogen (secondary N) is 2. The summed E-state index contributed by atoms with van der Waals surface area (Å²) in [5.74, 6) is 0.360. The Morgan fingerprint density at radius 1 is 1.32 bits per heavy atom. The largest absolute Gasteiger partial charge is 0.492 e. The van der Waals surface area contributed by atoms with Crippen LogP contribution in [0.3, 0.4) is 0 Å². The van der Waals surface area contributed by atoms with E-state index in [0.29, 0.717) is 23.6 Å². The van der Waals surface area contributed by atoms with Crippen LogP contribution in [0.4, 0.5) is 0 Å². The molecule has 1 aromatic heterocycles. The number of ether oxygens (including phenoxy) is 1. The fraction of sp³-hybridized carbons (Fsp3) is 0.462. The van der Waals surface area contributed by atoms with Crippen LogP contribution in [0.15, 0.2) is 53.6 Å². The number of allylic oxidation sites excluding steroid dienone is 3. The Labute approximate surface area is 199 Å². The molecule has 3 aliphatic rings. The van der Waals surface area contributed by atoms with Crippen molar-refractivity contribution >= 4 is 11.6 Å². The number of carbonyl (C=O) groups is 1. The van der Waals surface area contributed by atoms with Crippen LogP contribution in [0.25, 0.3) is 4.85 Å². The highest BCUT2D eigenvalue weighted by molar-refractivity contribution is 6.10. The van der Waals surface area contributed by atoms with Gasteiger partial charge in [0.1, 0.15) is 5.76 Å². The zero-order chi connectivity index (χ0) is 24.3. The summed E-state index contributed by atoms with van der Waals surface area (Å²) < 4.78 is 6.60. The minimum absolute atomic E-state index is 0.131. The minimum Gasteiger partial charge on any atom is -0.492 e. The van der Waals surface area contributed by atoms with Crippen LogP contribution in [0.2, 0.25) is 0 Å². The first-order chi connectivity index (χ1) is 16.3. The van der Waals surface area contributed by atoms with Gasteiger partial charge in [0.15, 0.2) is 0 Å². The lowest BCUT2D eigenvalue weighted by molar-refractivity contribution is -0.910. The van der Waals surface area contributed by atoms with E-state index in [2.05, 4.69) is 16.2 Å². The maximum absolute atomic E-state index is 13.0. The van der Waals surface area contributed by atoms with Gasteiger partial charge in [-0.25, -0.2) is 0 Å². The highest BCUT2D eigenvalue weighted by Gasteiger charge is 2.36. The molecule has 0 saturated heterocycles. The second-order valence-corrected chi connectivity index (χ2v) is 9.40. The second kappa shape index (κ2) is 9.82. The van der Waals surface area contributed by atoms with Crippen molar-refractivity contribution in [1.29, 1.82) is 5.41 Å². The van der Waals surface area contributed by atoms with Gasteiger partial charge in [-0.3, -0.25) is 15.4 Å². The zero-order valence-electron chi connectivity index (χ0n) is 19.7. The summed E-state index contributed by atoms with van der Waals surface area (Å²) in [5, 5.41) is 31.8. The molecule has 34 heavy (non-hydrogen) atoms. The van der Waals surface area contributed by atoms with Crippen LogP contribution in [-0.4, -0.2) is 34.1 Å². The van der Waals surface area contributed by atoms with Crippen molar-refractivity contribution in [2.45, 2.75) is 63.9 Å². The first kappa shape index (κ1) is 23.7. The van der Waals surface area contributed by atoms with E-state index >= 15 is 0 Å². The monoisotopic (exact) mass is 464 g/mol. The third kappa shape index (κ3) is 5.54. The molecule has 8 nitrogen and oxygen atoms in total. The van der Waals surface area contributed by atoms with E-state index in [9.17, 15) is 15.1 Å². The van der Waals surface area contributed by atoms with Crippen molar-refractivity contribution in [2.24, 2.45) is 5.92 Å². The Hall–Kier alpha value is -3.44. The molecule has 0 bridgehead atoms. The molecule has 1 heterocycles. The number of rotatable bonds is 5. The van der Waals surface area contributed by atoms with Crippen LogP contribution < -0.4 is 10.0 Å². The molecule has 4 N–H and O–H groups in total. The van der Waals surface area contributed by atoms with Gasteiger partial charge in [-0.2, -0.15) is 0 Å². The average Bonchev–Trinajstić information content (AvgIpc) is 3.63. The third-order valence-electron chi connectivity index (χ3n) is 6.45. The first-order valence-corrected chi connectivity index (χ1v) is 11.9. The standard InChI is InChI=1S/C26H31N4O4/c1-3-34-24-14-20(27)19(16-28-15-17-9-11-26(2,32)12-10-17)13-21(24)29-25(31)23-6-4-5-22(30(23)33)18-7-8-18/h4-6,13-14,16-18,27,32H,3,7-12H2,1-2H3,(H-,29,31,33)/q+1/p+1/b19-16-,27-20?.